The molecule has 5 heteroatoms. The fourth-order valence-electron chi connectivity index (χ4n) is 1.62. The van der Waals surface area contributed by atoms with Crippen molar-refractivity contribution in [1.29, 1.82) is 0 Å². The lowest BCUT2D eigenvalue weighted by molar-refractivity contribution is 0.164. The van der Waals surface area contributed by atoms with Crippen LogP contribution in [0, 0.1) is 11.7 Å². The molecule has 1 saturated carbocycles. The molecule has 4 nitrogen and oxygen atoms in total. The zero-order valence-corrected chi connectivity index (χ0v) is 9.28. The minimum atomic E-state index is -0.409. The highest BCUT2D eigenvalue weighted by molar-refractivity contribution is 5.37. The Hall–Kier alpha value is -1.23. The summed E-state index contributed by atoms with van der Waals surface area (Å²) in [7, 11) is 0. The van der Waals surface area contributed by atoms with Crippen LogP contribution in [0.25, 0.3) is 0 Å². The first kappa shape index (κ1) is 11.3. The zero-order chi connectivity index (χ0) is 11.5. The lowest BCUT2D eigenvalue weighted by Gasteiger charge is -2.12. The summed E-state index contributed by atoms with van der Waals surface area (Å²) in [5, 5.41) is 12.5. The molecule has 1 unspecified atom stereocenters. The maximum atomic E-state index is 13.7. The van der Waals surface area contributed by atoms with Gasteiger partial charge >= 0.3 is 0 Å². The number of aryl methyl sites for hydroxylation is 1. The molecular formula is C11H16FN3O. The molecule has 1 aromatic heterocycles. The summed E-state index contributed by atoms with van der Waals surface area (Å²) in [6.07, 6.45) is 3.60. The van der Waals surface area contributed by atoms with Gasteiger partial charge < -0.3 is 10.4 Å². The van der Waals surface area contributed by atoms with Crippen LogP contribution in [0.5, 0.6) is 0 Å². The fraction of sp³-hybridized carbons (Fsp3) is 0.636. The van der Waals surface area contributed by atoms with Crippen molar-refractivity contribution >= 4 is 5.82 Å². The van der Waals surface area contributed by atoms with E-state index in [-0.39, 0.29) is 5.82 Å². The zero-order valence-electron chi connectivity index (χ0n) is 9.28. The summed E-state index contributed by atoms with van der Waals surface area (Å²) in [6, 6.07) is 0. The van der Waals surface area contributed by atoms with E-state index in [0.717, 1.165) is 12.8 Å². The van der Waals surface area contributed by atoms with E-state index in [9.17, 15) is 9.50 Å². The standard InChI is InChI=1S/C11H16FN3O/c1-2-8-10(12)11(15-6-14-8)13-5-9(16)7-3-4-7/h6-7,9,16H,2-5H2,1H3,(H,13,14,15). The molecule has 1 aromatic rings. The number of aliphatic hydroxyl groups is 1. The molecule has 1 fully saturated rings. The van der Waals surface area contributed by atoms with Gasteiger partial charge in [0, 0.05) is 6.54 Å². The maximum Gasteiger partial charge on any atom is 0.186 e. The number of aromatic nitrogens is 2. The van der Waals surface area contributed by atoms with E-state index in [4.69, 9.17) is 0 Å². The molecule has 2 rings (SSSR count). The second-order valence-corrected chi connectivity index (χ2v) is 4.12. The van der Waals surface area contributed by atoms with Gasteiger partial charge in [0.05, 0.1) is 11.8 Å². The lowest BCUT2D eigenvalue weighted by Crippen LogP contribution is -2.22. The predicted octanol–water partition coefficient (Wildman–Crippen LogP) is 1.36. The second kappa shape index (κ2) is 4.74. The number of halogens is 1. The van der Waals surface area contributed by atoms with Crippen molar-refractivity contribution < 1.29 is 9.50 Å². The Kier molecular flexibility index (Phi) is 3.33. The molecule has 0 radical (unpaired) electrons. The first-order valence-electron chi connectivity index (χ1n) is 5.63. The van der Waals surface area contributed by atoms with Gasteiger partial charge in [0.25, 0.3) is 0 Å². The van der Waals surface area contributed by atoms with Crippen LogP contribution in [0.4, 0.5) is 10.2 Å². The monoisotopic (exact) mass is 225 g/mol. The van der Waals surface area contributed by atoms with E-state index in [1.807, 2.05) is 6.92 Å². The van der Waals surface area contributed by atoms with Crippen molar-refractivity contribution in [2.45, 2.75) is 32.3 Å². The van der Waals surface area contributed by atoms with Crippen LogP contribution in [0.3, 0.4) is 0 Å². The third kappa shape index (κ3) is 2.47. The second-order valence-electron chi connectivity index (χ2n) is 4.12. The summed E-state index contributed by atoms with van der Waals surface area (Å²) in [6.45, 7) is 2.19. The topological polar surface area (TPSA) is 58.0 Å². The maximum absolute atomic E-state index is 13.7. The Morgan fingerprint density at radius 3 is 2.94 bits per heavy atom. The third-order valence-corrected chi connectivity index (χ3v) is 2.84. The van der Waals surface area contributed by atoms with Gasteiger partial charge in [0.15, 0.2) is 11.6 Å². The first-order valence-corrected chi connectivity index (χ1v) is 5.63. The van der Waals surface area contributed by atoms with Gasteiger partial charge in [-0.25, -0.2) is 14.4 Å². The summed E-state index contributed by atoms with van der Waals surface area (Å²) in [5.41, 5.74) is 0.401. The third-order valence-electron chi connectivity index (χ3n) is 2.84. The molecular weight excluding hydrogens is 209 g/mol. The molecule has 0 amide bonds. The number of hydrogen-bond donors (Lipinski definition) is 2. The largest absolute Gasteiger partial charge is 0.391 e. The smallest absolute Gasteiger partial charge is 0.186 e. The molecule has 0 aromatic carbocycles. The van der Waals surface area contributed by atoms with Crippen molar-refractivity contribution in [3.05, 3.63) is 17.8 Å². The highest BCUT2D eigenvalue weighted by Crippen LogP contribution is 2.32. The van der Waals surface area contributed by atoms with Crippen molar-refractivity contribution in [3.63, 3.8) is 0 Å². The molecule has 0 spiro atoms. The first-order chi connectivity index (χ1) is 7.72. The average Bonchev–Trinajstić information content (AvgIpc) is 3.11. The molecule has 1 heterocycles. The summed E-state index contributed by atoms with van der Waals surface area (Å²) in [4.78, 5) is 7.67. The molecule has 0 aliphatic heterocycles. The quantitative estimate of drug-likeness (QED) is 0.794. The van der Waals surface area contributed by atoms with Crippen LogP contribution >= 0.6 is 0 Å². The Labute approximate surface area is 93.9 Å². The Morgan fingerprint density at radius 2 is 2.31 bits per heavy atom. The van der Waals surface area contributed by atoms with E-state index in [2.05, 4.69) is 15.3 Å². The number of rotatable bonds is 5. The van der Waals surface area contributed by atoms with Crippen LogP contribution in [-0.4, -0.2) is 27.7 Å². The van der Waals surface area contributed by atoms with E-state index in [0.29, 0.717) is 24.6 Å². The highest BCUT2D eigenvalue weighted by Gasteiger charge is 2.29. The van der Waals surface area contributed by atoms with Gasteiger partial charge in [-0.1, -0.05) is 6.92 Å². The Morgan fingerprint density at radius 1 is 1.56 bits per heavy atom. The number of nitrogens with zero attached hydrogens (tertiary/aromatic N) is 2. The molecule has 1 atom stereocenters. The highest BCUT2D eigenvalue weighted by atomic mass is 19.1. The predicted molar refractivity (Wildman–Crippen MR) is 58.6 cm³/mol. The normalized spacial score (nSPS) is 17.2. The number of anilines is 1. The average molecular weight is 225 g/mol. The minimum Gasteiger partial charge on any atom is -0.391 e. The number of nitrogens with one attached hydrogen (secondary N) is 1. The summed E-state index contributed by atoms with van der Waals surface area (Å²) in [5.74, 6) is 0.155. The molecule has 1 aliphatic rings. The van der Waals surface area contributed by atoms with Crippen LogP contribution in [0.1, 0.15) is 25.5 Å². The molecule has 2 N–H and O–H groups in total. The van der Waals surface area contributed by atoms with Crippen LogP contribution in [-0.2, 0) is 6.42 Å². The molecule has 1 aliphatic carbocycles. The minimum absolute atomic E-state index is 0.187. The van der Waals surface area contributed by atoms with Gasteiger partial charge in [-0.2, -0.15) is 0 Å². The van der Waals surface area contributed by atoms with E-state index >= 15 is 0 Å². The molecule has 16 heavy (non-hydrogen) atoms. The van der Waals surface area contributed by atoms with E-state index < -0.39 is 11.9 Å². The summed E-state index contributed by atoms with van der Waals surface area (Å²) >= 11 is 0. The van der Waals surface area contributed by atoms with Crippen molar-refractivity contribution in [3.8, 4) is 0 Å². The van der Waals surface area contributed by atoms with Gasteiger partial charge in [-0.3, -0.25) is 0 Å². The lowest BCUT2D eigenvalue weighted by atomic mass is 10.2. The van der Waals surface area contributed by atoms with Crippen LogP contribution in [0.15, 0.2) is 6.33 Å². The van der Waals surface area contributed by atoms with E-state index in [1.165, 1.54) is 6.33 Å². The van der Waals surface area contributed by atoms with Gasteiger partial charge in [0.2, 0.25) is 0 Å². The van der Waals surface area contributed by atoms with Gasteiger partial charge in [0.1, 0.15) is 6.33 Å². The van der Waals surface area contributed by atoms with Gasteiger partial charge in [-0.15, -0.1) is 0 Å². The number of hydrogen-bond acceptors (Lipinski definition) is 4. The van der Waals surface area contributed by atoms with Crippen molar-refractivity contribution in [1.82, 2.24) is 9.97 Å². The van der Waals surface area contributed by atoms with Crippen LogP contribution < -0.4 is 5.32 Å². The van der Waals surface area contributed by atoms with Gasteiger partial charge in [-0.05, 0) is 25.2 Å². The van der Waals surface area contributed by atoms with Crippen molar-refractivity contribution in [2.75, 3.05) is 11.9 Å². The van der Waals surface area contributed by atoms with Crippen LogP contribution in [0.2, 0.25) is 0 Å². The molecule has 88 valence electrons. The number of aliphatic hydroxyl groups excluding tert-OH is 1. The Balaban J connectivity index is 1.97. The van der Waals surface area contributed by atoms with E-state index in [1.54, 1.807) is 0 Å². The Bertz CT molecular complexity index is 368. The SMILES string of the molecule is CCc1ncnc(NCC(O)C2CC2)c1F. The molecule has 0 bridgehead atoms. The van der Waals surface area contributed by atoms with Crippen molar-refractivity contribution in [2.24, 2.45) is 5.92 Å². The summed E-state index contributed by atoms with van der Waals surface area (Å²) < 4.78 is 13.7. The fourth-order valence-corrected chi connectivity index (χ4v) is 1.62. The molecule has 0 saturated heterocycles.